The van der Waals surface area contributed by atoms with E-state index in [4.69, 9.17) is 0 Å². The van der Waals surface area contributed by atoms with Crippen molar-refractivity contribution in [3.8, 4) is 0 Å². The molecule has 1 saturated carbocycles. The predicted molar refractivity (Wildman–Crippen MR) is 100 cm³/mol. The first kappa shape index (κ1) is 18.9. The van der Waals surface area contributed by atoms with Crippen LogP contribution in [0, 0.1) is 11.8 Å². The van der Waals surface area contributed by atoms with Gasteiger partial charge in [0.1, 0.15) is 4.21 Å². The lowest BCUT2D eigenvalue weighted by atomic mass is 9.97. The molecule has 0 aromatic carbocycles. The Bertz CT molecular complexity index is 644. The van der Waals surface area contributed by atoms with Crippen LogP contribution in [0.2, 0.25) is 0 Å². The first-order chi connectivity index (χ1) is 12.1. The van der Waals surface area contributed by atoms with E-state index in [1.807, 2.05) is 0 Å². The summed E-state index contributed by atoms with van der Waals surface area (Å²) in [4.78, 5) is 12.3. The van der Waals surface area contributed by atoms with Gasteiger partial charge in [-0.05, 0) is 43.0 Å². The van der Waals surface area contributed by atoms with Gasteiger partial charge in [0.15, 0.2) is 0 Å². The van der Waals surface area contributed by atoms with Crippen molar-refractivity contribution >= 4 is 27.3 Å². The zero-order chi connectivity index (χ0) is 17.7. The van der Waals surface area contributed by atoms with Crippen LogP contribution in [0.4, 0.5) is 0 Å². The molecule has 1 aliphatic heterocycles. The lowest BCUT2D eigenvalue weighted by Gasteiger charge is -2.30. The highest BCUT2D eigenvalue weighted by atomic mass is 32.2. The first-order valence-electron chi connectivity index (χ1n) is 9.39. The molecule has 0 atom stereocenters. The van der Waals surface area contributed by atoms with Gasteiger partial charge in [0, 0.05) is 25.6 Å². The maximum absolute atomic E-state index is 12.5. The van der Waals surface area contributed by atoms with Gasteiger partial charge < -0.3 is 5.32 Å². The smallest absolute Gasteiger partial charge is 0.252 e. The minimum Gasteiger partial charge on any atom is -0.356 e. The van der Waals surface area contributed by atoms with Crippen molar-refractivity contribution in [2.45, 2.75) is 55.6 Å². The molecule has 3 rings (SSSR count). The van der Waals surface area contributed by atoms with Crippen LogP contribution >= 0.6 is 11.3 Å². The Labute approximate surface area is 154 Å². The predicted octanol–water partition coefficient (Wildman–Crippen LogP) is 3.24. The van der Waals surface area contributed by atoms with E-state index in [0.717, 1.165) is 18.9 Å². The van der Waals surface area contributed by atoms with E-state index >= 15 is 0 Å². The fourth-order valence-corrected chi connectivity index (χ4v) is 6.56. The topological polar surface area (TPSA) is 66.5 Å². The van der Waals surface area contributed by atoms with Crippen LogP contribution in [-0.2, 0) is 14.8 Å². The van der Waals surface area contributed by atoms with Crippen molar-refractivity contribution in [3.05, 3.63) is 17.5 Å². The normalized spacial score (nSPS) is 20.8. The lowest BCUT2D eigenvalue weighted by molar-refractivity contribution is -0.126. The van der Waals surface area contributed by atoms with Gasteiger partial charge in [-0.1, -0.05) is 31.7 Å². The number of amides is 1. The molecule has 1 aromatic rings. The van der Waals surface area contributed by atoms with Crippen molar-refractivity contribution < 1.29 is 13.2 Å². The molecular weight excluding hydrogens is 356 g/mol. The van der Waals surface area contributed by atoms with E-state index in [1.165, 1.54) is 47.7 Å². The van der Waals surface area contributed by atoms with Crippen LogP contribution in [0.15, 0.2) is 21.7 Å². The van der Waals surface area contributed by atoms with Gasteiger partial charge in [-0.2, -0.15) is 4.31 Å². The van der Waals surface area contributed by atoms with E-state index in [9.17, 15) is 13.2 Å². The SMILES string of the molecule is O=C(NCCCC1CCCC1)C1CCN(S(=O)(=O)c2cccs2)CC1. The highest BCUT2D eigenvalue weighted by Gasteiger charge is 2.32. The molecule has 7 heteroatoms. The van der Waals surface area contributed by atoms with Crippen molar-refractivity contribution in [2.24, 2.45) is 11.8 Å². The van der Waals surface area contributed by atoms with E-state index in [-0.39, 0.29) is 11.8 Å². The number of nitrogens with one attached hydrogen (secondary N) is 1. The number of carbonyl (C=O) groups is 1. The third-order valence-corrected chi connectivity index (χ3v) is 8.75. The van der Waals surface area contributed by atoms with E-state index in [0.29, 0.717) is 30.1 Å². The van der Waals surface area contributed by atoms with Crippen LogP contribution < -0.4 is 5.32 Å². The molecule has 2 aliphatic rings. The number of carbonyl (C=O) groups excluding carboxylic acids is 1. The number of nitrogens with zero attached hydrogens (tertiary/aromatic N) is 1. The molecule has 0 spiro atoms. The van der Waals surface area contributed by atoms with E-state index in [1.54, 1.807) is 17.5 Å². The van der Waals surface area contributed by atoms with Gasteiger partial charge >= 0.3 is 0 Å². The monoisotopic (exact) mass is 384 g/mol. The minimum absolute atomic E-state index is 0.0544. The molecule has 2 fully saturated rings. The van der Waals surface area contributed by atoms with E-state index < -0.39 is 10.0 Å². The second-order valence-electron chi connectivity index (χ2n) is 7.19. The Morgan fingerprint density at radius 2 is 1.92 bits per heavy atom. The zero-order valence-electron chi connectivity index (χ0n) is 14.7. The van der Waals surface area contributed by atoms with E-state index in [2.05, 4.69) is 5.32 Å². The molecule has 0 unspecified atom stereocenters. The lowest BCUT2D eigenvalue weighted by Crippen LogP contribution is -2.43. The van der Waals surface area contributed by atoms with Gasteiger partial charge in [-0.3, -0.25) is 4.79 Å². The van der Waals surface area contributed by atoms with Gasteiger partial charge in [0.25, 0.3) is 10.0 Å². The second kappa shape index (κ2) is 8.64. The molecule has 1 saturated heterocycles. The van der Waals surface area contributed by atoms with Crippen LogP contribution in [0.25, 0.3) is 0 Å². The molecule has 2 heterocycles. The summed E-state index contributed by atoms with van der Waals surface area (Å²) in [6, 6.07) is 3.40. The molecule has 1 aliphatic carbocycles. The fraction of sp³-hybridized carbons (Fsp3) is 0.722. The van der Waals surface area contributed by atoms with Crippen LogP contribution in [-0.4, -0.2) is 38.3 Å². The third-order valence-electron chi connectivity index (χ3n) is 5.48. The Balaban J connectivity index is 1.38. The number of thiophene rings is 1. The van der Waals surface area contributed by atoms with Crippen LogP contribution in [0.3, 0.4) is 0 Å². The standard InChI is InChI=1S/C18H28N2O3S2/c21-18(19-11-3-7-15-5-1-2-6-15)16-9-12-20(13-10-16)25(22,23)17-8-4-14-24-17/h4,8,14-16H,1-3,5-7,9-13H2,(H,19,21). The maximum atomic E-state index is 12.5. The maximum Gasteiger partial charge on any atom is 0.252 e. The quantitative estimate of drug-likeness (QED) is 0.734. The molecule has 0 radical (unpaired) electrons. The number of hydrogen-bond donors (Lipinski definition) is 1. The van der Waals surface area contributed by atoms with Gasteiger partial charge in [0.2, 0.25) is 5.91 Å². The summed E-state index contributed by atoms with van der Waals surface area (Å²) in [5.41, 5.74) is 0. The molecular formula is C18H28N2O3S2. The van der Waals surface area contributed by atoms with Crippen LogP contribution in [0.1, 0.15) is 51.4 Å². The van der Waals surface area contributed by atoms with Crippen LogP contribution in [0.5, 0.6) is 0 Å². The summed E-state index contributed by atoms with van der Waals surface area (Å²) in [5, 5.41) is 4.83. The van der Waals surface area contributed by atoms with Gasteiger partial charge in [0.05, 0.1) is 0 Å². The highest BCUT2D eigenvalue weighted by Crippen LogP contribution is 2.28. The minimum atomic E-state index is -3.38. The molecule has 5 nitrogen and oxygen atoms in total. The summed E-state index contributed by atoms with van der Waals surface area (Å²) >= 11 is 1.25. The number of rotatable bonds is 7. The zero-order valence-corrected chi connectivity index (χ0v) is 16.3. The Morgan fingerprint density at radius 3 is 2.56 bits per heavy atom. The largest absolute Gasteiger partial charge is 0.356 e. The molecule has 140 valence electrons. The summed E-state index contributed by atoms with van der Waals surface area (Å²) in [5.74, 6) is 0.906. The summed E-state index contributed by atoms with van der Waals surface area (Å²) in [7, 11) is -3.38. The Kier molecular flexibility index (Phi) is 6.52. The fourth-order valence-electron chi connectivity index (χ4n) is 3.94. The van der Waals surface area contributed by atoms with Gasteiger partial charge in [-0.25, -0.2) is 8.42 Å². The summed E-state index contributed by atoms with van der Waals surface area (Å²) in [6.07, 6.45) is 8.93. The average molecular weight is 385 g/mol. The number of sulfonamides is 1. The van der Waals surface area contributed by atoms with Crippen molar-refractivity contribution in [1.82, 2.24) is 9.62 Å². The Morgan fingerprint density at radius 1 is 1.20 bits per heavy atom. The first-order valence-corrected chi connectivity index (χ1v) is 11.7. The Hall–Kier alpha value is -0.920. The molecule has 1 aromatic heterocycles. The van der Waals surface area contributed by atoms with Crippen molar-refractivity contribution in [1.29, 1.82) is 0 Å². The molecule has 1 N–H and O–H groups in total. The average Bonchev–Trinajstić information content (AvgIpc) is 3.32. The second-order valence-corrected chi connectivity index (χ2v) is 10.3. The summed E-state index contributed by atoms with van der Waals surface area (Å²) in [6.45, 7) is 1.61. The third kappa shape index (κ3) is 4.83. The molecule has 0 bridgehead atoms. The number of piperidine rings is 1. The highest BCUT2D eigenvalue weighted by molar-refractivity contribution is 7.91. The molecule has 1 amide bonds. The molecule has 25 heavy (non-hydrogen) atoms. The van der Waals surface area contributed by atoms with Crippen molar-refractivity contribution in [3.63, 3.8) is 0 Å². The summed E-state index contributed by atoms with van der Waals surface area (Å²) < 4.78 is 26.9. The van der Waals surface area contributed by atoms with Crippen molar-refractivity contribution in [2.75, 3.05) is 19.6 Å². The van der Waals surface area contributed by atoms with Gasteiger partial charge in [-0.15, -0.1) is 11.3 Å². The number of hydrogen-bond acceptors (Lipinski definition) is 4.